The first-order valence-electron chi connectivity index (χ1n) is 5.14. The Morgan fingerprint density at radius 2 is 2.35 bits per heavy atom. The molecule has 1 amide bonds. The number of carboxylic acids is 1. The van der Waals surface area contributed by atoms with Crippen molar-refractivity contribution in [1.29, 1.82) is 0 Å². The van der Waals surface area contributed by atoms with Crippen molar-refractivity contribution in [3.63, 3.8) is 0 Å². The maximum atomic E-state index is 11.5. The number of carbonyl (C=O) groups excluding carboxylic acids is 1. The van der Waals surface area contributed by atoms with Crippen LogP contribution in [0.4, 0.5) is 0 Å². The van der Waals surface area contributed by atoms with E-state index in [1.54, 1.807) is 0 Å². The fraction of sp³-hybridized carbons (Fsp3) is 0.455. The highest BCUT2D eigenvalue weighted by atomic mass is 32.1. The highest BCUT2D eigenvalue weighted by molar-refractivity contribution is 7.07. The van der Waals surface area contributed by atoms with Gasteiger partial charge in [-0.05, 0) is 22.4 Å². The highest BCUT2D eigenvalue weighted by Crippen LogP contribution is 2.06. The molecule has 0 fully saturated rings. The first-order valence-corrected chi connectivity index (χ1v) is 6.08. The smallest absolute Gasteiger partial charge is 0.306 e. The van der Waals surface area contributed by atoms with Crippen LogP contribution in [0.3, 0.4) is 0 Å². The molecule has 0 spiro atoms. The van der Waals surface area contributed by atoms with Crippen molar-refractivity contribution in [2.24, 2.45) is 0 Å². The van der Waals surface area contributed by atoms with Gasteiger partial charge in [0.15, 0.2) is 0 Å². The molecule has 0 saturated carbocycles. The molecule has 1 heterocycles. The van der Waals surface area contributed by atoms with Crippen LogP contribution in [-0.4, -0.2) is 36.7 Å². The van der Waals surface area contributed by atoms with E-state index in [0.717, 1.165) is 5.56 Å². The predicted molar refractivity (Wildman–Crippen MR) is 64.1 cm³/mol. The second-order valence-electron chi connectivity index (χ2n) is 3.57. The Morgan fingerprint density at radius 3 is 2.88 bits per heavy atom. The van der Waals surface area contributed by atoms with E-state index < -0.39 is 12.1 Å². The summed E-state index contributed by atoms with van der Waals surface area (Å²) in [5, 5.41) is 15.1. The van der Waals surface area contributed by atoms with Gasteiger partial charge in [-0.25, -0.2) is 0 Å². The van der Waals surface area contributed by atoms with Crippen molar-refractivity contribution in [1.82, 2.24) is 5.32 Å². The minimum Gasteiger partial charge on any atom is -0.481 e. The molecule has 5 nitrogen and oxygen atoms in total. The molecule has 1 unspecified atom stereocenters. The topological polar surface area (TPSA) is 75.6 Å². The Kier molecular flexibility index (Phi) is 5.65. The lowest BCUT2D eigenvalue weighted by atomic mass is 10.2. The third kappa shape index (κ3) is 5.46. The van der Waals surface area contributed by atoms with E-state index in [4.69, 9.17) is 9.84 Å². The molecule has 0 aliphatic rings. The largest absolute Gasteiger partial charge is 0.481 e. The molecule has 17 heavy (non-hydrogen) atoms. The summed E-state index contributed by atoms with van der Waals surface area (Å²) < 4.78 is 4.95. The summed E-state index contributed by atoms with van der Waals surface area (Å²) in [6.07, 6.45) is -0.290. The fourth-order valence-electron chi connectivity index (χ4n) is 1.30. The summed E-state index contributed by atoms with van der Waals surface area (Å²) in [5.41, 5.74) is 0.958. The lowest BCUT2D eigenvalue weighted by Gasteiger charge is -2.13. The average molecular weight is 257 g/mol. The zero-order valence-electron chi connectivity index (χ0n) is 9.51. The SMILES string of the molecule is COC(CNC(=O)Cc1ccsc1)CC(=O)O. The fourth-order valence-corrected chi connectivity index (χ4v) is 1.97. The number of amides is 1. The van der Waals surface area contributed by atoms with Crippen LogP contribution in [0.2, 0.25) is 0 Å². The Morgan fingerprint density at radius 1 is 1.59 bits per heavy atom. The van der Waals surface area contributed by atoms with E-state index in [2.05, 4.69) is 5.32 Å². The van der Waals surface area contributed by atoms with Gasteiger partial charge >= 0.3 is 5.97 Å². The number of carbonyl (C=O) groups is 2. The average Bonchev–Trinajstić information content (AvgIpc) is 2.76. The summed E-state index contributed by atoms with van der Waals surface area (Å²) in [4.78, 5) is 22.0. The summed E-state index contributed by atoms with van der Waals surface area (Å²) in [7, 11) is 1.43. The summed E-state index contributed by atoms with van der Waals surface area (Å²) in [6, 6.07) is 1.88. The van der Waals surface area contributed by atoms with Gasteiger partial charge in [0.25, 0.3) is 0 Å². The van der Waals surface area contributed by atoms with E-state index in [1.807, 2.05) is 16.8 Å². The van der Waals surface area contributed by atoms with Crippen molar-refractivity contribution in [3.8, 4) is 0 Å². The molecule has 1 atom stereocenters. The quantitative estimate of drug-likeness (QED) is 0.761. The number of aliphatic carboxylic acids is 1. The molecule has 1 aromatic heterocycles. The Labute approximate surface area is 103 Å². The predicted octanol–water partition coefficient (Wildman–Crippen LogP) is 0.896. The molecule has 6 heteroatoms. The number of hydrogen-bond donors (Lipinski definition) is 2. The van der Waals surface area contributed by atoms with Crippen LogP contribution in [0.5, 0.6) is 0 Å². The molecule has 94 valence electrons. The van der Waals surface area contributed by atoms with Gasteiger partial charge in [-0.1, -0.05) is 0 Å². The van der Waals surface area contributed by atoms with E-state index >= 15 is 0 Å². The summed E-state index contributed by atoms with van der Waals surface area (Å²) in [5.74, 6) is -1.07. The molecule has 2 N–H and O–H groups in total. The number of carboxylic acid groups (broad SMARTS) is 1. The van der Waals surface area contributed by atoms with Gasteiger partial charge in [-0.2, -0.15) is 11.3 Å². The van der Waals surface area contributed by atoms with Crippen molar-refractivity contribution in [2.75, 3.05) is 13.7 Å². The van der Waals surface area contributed by atoms with Gasteiger partial charge in [0.05, 0.1) is 18.9 Å². The van der Waals surface area contributed by atoms with Crippen LogP contribution in [0.25, 0.3) is 0 Å². The summed E-state index contributed by atoms with van der Waals surface area (Å²) >= 11 is 1.54. The van der Waals surface area contributed by atoms with Crippen LogP contribution in [0, 0.1) is 0 Å². The van der Waals surface area contributed by atoms with Crippen molar-refractivity contribution >= 4 is 23.2 Å². The molecule has 0 radical (unpaired) electrons. The Hall–Kier alpha value is -1.40. The number of hydrogen-bond acceptors (Lipinski definition) is 4. The Bertz CT molecular complexity index is 364. The second-order valence-corrected chi connectivity index (χ2v) is 4.35. The van der Waals surface area contributed by atoms with Gasteiger partial charge in [0.2, 0.25) is 5.91 Å². The lowest BCUT2D eigenvalue weighted by Crippen LogP contribution is -2.35. The molecule has 0 aromatic carbocycles. The molecular weight excluding hydrogens is 242 g/mol. The van der Waals surface area contributed by atoms with E-state index in [9.17, 15) is 9.59 Å². The van der Waals surface area contributed by atoms with E-state index in [1.165, 1.54) is 18.4 Å². The summed E-state index contributed by atoms with van der Waals surface area (Å²) in [6.45, 7) is 0.214. The third-order valence-electron chi connectivity index (χ3n) is 2.21. The van der Waals surface area contributed by atoms with Crippen LogP contribution in [-0.2, 0) is 20.7 Å². The zero-order valence-corrected chi connectivity index (χ0v) is 10.3. The molecular formula is C11H15NO4S. The minimum absolute atomic E-state index is 0.116. The molecule has 0 saturated heterocycles. The van der Waals surface area contributed by atoms with Crippen molar-refractivity contribution in [3.05, 3.63) is 22.4 Å². The standard InChI is InChI=1S/C11H15NO4S/c1-16-9(5-11(14)15)6-12-10(13)4-8-2-3-17-7-8/h2-3,7,9H,4-6H2,1H3,(H,12,13)(H,14,15). The minimum atomic E-state index is -0.941. The number of nitrogens with one attached hydrogen (secondary N) is 1. The van der Waals surface area contributed by atoms with Crippen LogP contribution in [0.15, 0.2) is 16.8 Å². The highest BCUT2D eigenvalue weighted by Gasteiger charge is 2.13. The van der Waals surface area contributed by atoms with E-state index in [-0.39, 0.29) is 18.9 Å². The molecule has 0 bridgehead atoms. The maximum absolute atomic E-state index is 11.5. The number of methoxy groups -OCH3 is 1. The van der Waals surface area contributed by atoms with Crippen LogP contribution < -0.4 is 5.32 Å². The molecule has 1 rings (SSSR count). The van der Waals surface area contributed by atoms with Crippen molar-refractivity contribution in [2.45, 2.75) is 18.9 Å². The lowest BCUT2D eigenvalue weighted by molar-refractivity contribution is -0.140. The normalized spacial score (nSPS) is 12.1. The first kappa shape index (κ1) is 13.7. The van der Waals surface area contributed by atoms with Gasteiger partial charge in [-0.15, -0.1) is 0 Å². The Balaban J connectivity index is 2.29. The monoisotopic (exact) mass is 257 g/mol. The van der Waals surface area contributed by atoms with Gasteiger partial charge in [0.1, 0.15) is 0 Å². The van der Waals surface area contributed by atoms with Crippen LogP contribution >= 0.6 is 11.3 Å². The second kappa shape index (κ2) is 7.03. The first-order chi connectivity index (χ1) is 8.11. The number of rotatable bonds is 7. The maximum Gasteiger partial charge on any atom is 0.306 e. The third-order valence-corrected chi connectivity index (χ3v) is 2.94. The number of ether oxygens (including phenoxy) is 1. The van der Waals surface area contributed by atoms with Crippen LogP contribution in [0.1, 0.15) is 12.0 Å². The number of thiophene rings is 1. The molecule has 0 aliphatic heterocycles. The van der Waals surface area contributed by atoms with Gasteiger partial charge in [-0.3, -0.25) is 9.59 Å². The van der Waals surface area contributed by atoms with Gasteiger partial charge < -0.3 is 15.2 Å². The van der Waals surface area contributed by atoms with E-state index in [0.29, 0.717) is 6.42 Å². The van der Waals surface area contributed by atoms with Crippen molar-refractivity contribution < 1.29 is 19.4 Å². The molecule has 1 aromatic rings. The van der Waals surface area contributed by atoms with Gasteiger partial charge in [0, 0.05) is 13.7 Å². The zero-order chi connectivity index (χ0) is 12.7. The molecule has 0 aliphatic carbocycles.